The van der Waals surface area contributed by atoms with Gasteiger partial charge in [0.25, 0.3) is 0 Å². The van der Waals surface area contributed by atoms with Gasteiger partial charge in [-0.15, -0.1) is 0 Å². The van der Waals surface area contributed by atoms with Gasteiger partial charge in [0.15, 0.2) is 11.6 Å². The first kappa shape index (κ1) is 13.0. The number of nitrogens with two attached hydrogens (primary N) is 1. The molecule has 0 aliphatic rings. The van der Waals surface area contributed by atoms with Crippen LogP contribution >= 0.6 is 0 Å². The van der Waals surface area contributed by atoms with Crippen molar-refractivity contribution in [2.45, 2.75) is 19.9 Å². The molecule has 0 aliphatic heterocycles. The summed E-state index contributed by atoms with van der Waals surface area (Å²) in [5, 5.41) is 6.24. The van der Waals surface area contributed by atoms with Gasteiger partial charge in [-0.05, 0) is 38.1 Å². The molecule has 2 aromatic carbocycles. The van der Waals surface area contributed by atoms with Crippen molar-refractivity contribution in [2.75, 3.05) is 5.73 Å². The van der Waals surface area contributed by atoms with Crippen molar-refractivity contribution in [3.05, 3.63) is 48.5 Å². The number of benzene rings is 2. The summed E-state index contributed by atoms with van der Waals surface area (Å²) in [6.45, 7) is 4.41. The van der Waals surface area contributed by atoms with Crippen molar-refractivity contribution >= 4 is 27.6 Å². The van der Waals surface area contributed by atoms with Crippen LogP contribution in [0.1, 0.15) is 19.9 Å². The van der Waals surface area contributed by atoms with Crippen LogP contribution in [-0.4, -0.2) is 9.72 Å². The number of fused-ring (bicyclic) bond motifs is 3. The molecule has 2 N–H and O–H groups in total. The lowest BCUT2D eigenvalue weighted by molar-refractivity contribution is 0.436. The molecule has 4 aromatic rings. The minimum Gasteiger partial charge on any atom is -0.381 e. The number of hydrogen-bond acceptors (Lipinski definition) is 3. The number of para-hydroxylation sites is 1. The van der Waals surface area contributed by atoms with Gasteiger partial charge in [-0.3, -0.25) is 0 Å². The van der Waals surface area contributed by atoms with E-state index in [2.05, 4.69) is 66.0 Å². The number of nitrogens with zero attached hydrogens (tertiary/aromatic N) is 2. The van der Waals surface area contributed by atoms with Crippen molar-refractivity contribution < 1.29 is 4.52 Å². The first-order valence-electron chi connectivity index (χ1n) is 7.40. The molecular weight excluding hydrogens is 274 g/mol. The molecule has 2 heterocycles. The molecule has 4 rings (SSSR count). The Labute approximate surface area is 128 Å². The molecule has 4 heteroatoms. The first-order valence-corrected chi connectivity index (χ1v) is 7.40. The molecule has 0 unspecified atom stereocenters. The van der Waals surface area contributed by atoms with Gasteiger partial charge in [0.1, 0.15) is 0 Å². The quantitative estimate of drug-likeness (QED) is 0.586. The van der Waals surface area contributed by atoms with E-state index in [1.807, 2.05) is 0 Å². The largest absolute Gasteiger partial charge is 0.381 e. The Bertz CT molecular complexity index is 979. The van der Waals surface area contributed by atoms with Crippen molar-refractivity contribution in [3.8, 4) is 11.3 Å². The molecule has 4 nitrogen and oxygen atoms in total. The third kappa shape index (κ3) is 1.80. The third-order valence-electron chi connectivity index (χ3n) is 4.04. The minimum absolute atomic E-state index is 0.397. The zero-order chi connectivity index (χ0) is 15.3. The smallest absolute Gasteiger partial charge is 0.169 e. The summed E-state index contributed by atoms with van der Waals surface area (Å²) in [6.07, 6.45) is 0. The molecule has 0 saturated heterocycles. The van der Waals surface area contributed by atoms with E-state index in [4.69, 9.17) is 10.3 Å². The van der Waals surface area contributed by atoms with E-state index in [-0.39, 0.29) is 0 Å². The first-order chi connectivity index (χ1) is 10.6. The highest BCUT2D eigenvalue weighted by Gasteiger charge is 2.14. The fourth-order valence-corrected chi connectivity index (χ4v) is 3.14. The lowest BCUT2D eigenvalue weighted by Crippen LogP contribution is -1.99. The van der Waals surface area contributed by atoms with E-state index >= 15 is 0 Å². The van der Waals surface area contributed by atoms with Gasteiger partial charge in [0.05, 0.1) is 0 Å². The number of hydrogen-bond donors (Lipinski definition) is 1. The molecule has 0 spiro atoms. The normalized spacial score (nSPS) is 11.8. The summed E-state index contributed by atoms with van der Waals surface area (Å²) in [6, 6.07) is 17.0. The van der Waals surface area contributed by atoms with Crippen molar-refractivity contribution in [1.29, 1.82) is 0 Å². The molecule has 0 radical (unpaired) electrons. The Morgan fingerprint density at radius 1 is 1.00 bits per heavy atom. The summed E-state index contributed by atoms with van der Waals surface area (Å²) >= 11 is 0. The lowest BCUT2D eigenvalue weighted by Gasteiger charge is -2.11. The standard InChI is InChI=1S/C18H17N3O/c1-11(2)21-15-6-4-3-5-13(15)14-9-12(7-8-16(14)21)17-10-18(19)20-22-17/h3-11H,1-2H3,(H2,19,20). The van der Waals surface area contributed by atoms with Gasteiger partial charge in [0, 0.05) is 39.5 Å². The summed E-state index contributed by atoms with van der Waals surface area (Å²) in [7, 11) is 0. The van der Waals surface area contributed by atoms with E-state index in [1.165, 1.54) is 21.8 Å². The van der Waals surface area contributed by atoms with Crippen molar-refractivity contribution in [1.82, 2.24) is 9.72 Å². The summed E-state index contributed by atoms with van der Waals surface area (Å²) in [5.74, 6) is 1.10. The topological polar surface area (TPSA) is 57.0 Å². The predicted molar refractivity (Wildman–Crippen MR) is 89.7 cm³/mol. The van der Waals surface area contributed by atoms with Crippen LogP contribution in [0.3, 0.4) is 0 Å². The zero-order valence-corrected chi connectivity index (χ0v) is 12.6. The van der Waals surface area contributed by atoms with Gasteiger partial charge in [-0.1, -0.05) is 23.4 Å². The fourth-order valence-electron chi connectivity index (χ4n) is 3.14. The van der Waals surface area contributed by atoms with Crippen LogP contribution in [0.15, 0.2) is 53.1 Å². The highest BCUT2D eigenvalue weighted by Crippen LogP contribution is 2.34. The van der Waals surface area contributed by atoms with Crippen LogP contribution in [-0.2, 0) is 0 Å². The lowest BCUT2D eigenvalue weighted by atomic mass is 10.1. The SMILES string of the molecule is CC(C)n1c2ccccc2c2cc(-c3cc(N)no3)ccc21. The van der Waals surface area contributed by atoms with Crippen molar-refractivity contribution in [3.63, 3.8) is 0 Å². The average molecular weight is 291 g/mol. The molecule has 22 heavy (non-hydrogen) atoms. The Morgan fingerprint density at radius 2 is 1.77 bits per heavy atom. The maximum absolute atomic E-state index is 5.65. The van der Waals surface area contributed by atoms with Gasteiger partial charge in [0.2, 0.25) is 0 Å². The number of aromatic nitrogens is 2. The van der Waals surface area contributed by atoms with Gasteiger partial charge in [-0.25, -0.2) is 0 Å². The molecule has 0 saturated carbocycles. The summed E-state index contributed by atoms with van der Waals surface area (Å²) in [5.41, 5.74) is 9.12. The predicted octanol–water partition coefficient (Wildman–Crippen LogP) is 4.61. The van der Waals surface area contributed by atoms with Crippen LogP contribution in [0.4, 0.5) is 5.82 Å². The summed E-state index contributed by atoms with van der Waals surface area (Å²) in [4.78, 5) is 0. The van der Waals surface area contributed by atoms with Gasteiger partial charge >= 0.3 is 0 Å². The number of rotatable bonds is 2. The number of nitrogen functional groups attached to an aromatic ring is 1. The van der Waals surface area contributed by atoms with Gasteiger partial charge in [-0.2, -0.15) is 0 Å². The second kappa shape index (κ2) is 4.63. The van der Waals surface area contributed by atoms with Crippen LogP contribution in [0, 0.1) is 0 Å². The van der Waals surface area contributed by atoms with Crippen molar-refractivity contribution in [2.24, 2.45) is 0 Å². The van der Waals surface area contributed by atoms with Crippen LogP contribution in [0.25, 0.3) is 33.1 Å². The highest BCUT2D eigenvalue weighted by molar-refractivity contribution is 6.09. The summed E-state index contributed by atoms with van der Waals surface area (Å²) < 4.78 is 7.65. The minimum atomic E-state index is 0.397. The molecule has 0 atom stereocenters. The Kier molecular flexibility index (Phi) is 2.73. The maximum atomic E-state index is 5.65. The molecule has 0 amide bonds. The van der Waals surface area contributed by atoms with E-state index in [0.29, 0.717) is 17.6 Å². The Morgan fingerprint density at radius 3 is 2.50 bits per heavy atom. The fraction of sp³-hybridized carbons (Fsp3) is 0.167. The van der Waals surface area contributed by atoms with Crippen LogP contribution < -0.4 is 5.73 Å². The number of anilines is 1. The maximum Gasteiger partial charge on any atom is 0.169 e. The molecular formula is C18H17N3O. The third-order valence-corrected chi connectivity index (χ3v) is 4.04. The second-order valence-corrected chi connectivity index (χ2v) is 5.83. The second-order valence-electron chi connectivity index (χ2n) is 5.83. The Hall–Kier alpha value is -2.75. The molecule has 110 valence electrons. The van der Waals surface area contributed by atoms with Crippen LogP contribution in [0.2, 0.25) is 0 Å². The van der Waals surface area contributed by atoms with E-state index in [9.17, 15) is 0 Å². The monoisotopic (exact) mass is 291 g/mol. The Balaban J connectivity index is 2.06. The molecule has 0 fully saturated rings. The van der Waals surface area contributed by atoms with Gasteiger partial charge < -0.3 is 14.8 Å². The van der Waals surface area contributed by atoms with E-state index in [0.717, 1.165) is 5.56 Å². The molecule has 2 aromatic heterocycles. The zero-order valence-electron chi connectivity index (χ0n) is 12.6. The molecule has 0 aliphatic carbocycles. The highest BCUT2D eigenvalue weighted by atomic mass is 16.5. The van der Waals surface area contributed by atoms with E-state index in [1.54, 1.807) is 6.07 Å². The van der Waals surface area contributed by atoms with Crippen LogP contribution in [0.5, 0.6) is 0 Å². The van der Waals surface area contributed by atoms with E-state index < -0.39 is 0 Å². The molecule has 0 bridgehead atoms. The average Bonchev–Trinajstić information content (AvgIpc) is 3.08.